The average molecular weight is 439 g/mol. The van der Waals surface area contributed by atoms with Crippen molar-refractivity contribution in [3.05, 3.63) is 59.2 Å². The zero-order valence-electron chi connectivity index (χ0n) is 19.2. The SMILES string of the molecule is CN(C)C(=O)c1ccc(CNC(=O)Nc2ccc3c(c2)CCN3C(=O)OC(C)(C)C)cc1. The van der Waals surface area contributed by atoms with Gasteiger partial charge in [-0.2, -0.15) is 0 Å². The molecule has 2 aromatic carbocycles. The Morgan fingerprint density at radius 1 is 1.06 bits per heavy atom. The van der Waals surface area contributed by atoms with E-state index in [2.05, 4.69) is 10.6 Å². The van der Waals surface area contributed by atoms with Crippen LogP contribution in [0, 0.1) is 0 Å². The lowest BCUT2D eigenvalue weighted by Gasteiger charge is -2.24. The third-order valence-corrected chi connectivity index (χ3v) is 4.91. The van der Waals surface area contributed by atoms with Crippen molar-refractivity contribution in [3.8, 4) is 0 Å². The lowest BCUT2D eigenvalue weighted by atomic mass is 10.1. The third kappa shape index (κ3) is 5.78. The lowest BCUT2D eigenvalue weighted by molar-refractivity contribution is 0.0583. The fourth-order valence-electron chi connectivity index (χ4n) is 3.37. The van der Waals surface area contributed by atoms with Crippen molar-refractivity contribution in [2.75, 3.05) is 30.9 Å². The maximum absolute atomic E-state index is 12.4. The van der Waals surface area contributed by atoms with E-state index in [1.165, 1.54) is 4.90 Å². The molecule has 0 aliphatic carbocycles. The molecule has 170 valence electrons. The summed E-state index contributed by atoms with van der Waals surface area (Å²) in [6, 6.07) is 12.3. The highest BCUT2D eigenvalue weighted by atomic mass is 16.6. The van der Waals surface area contributed by atoms with E-state index in [1.54, 1.807) is 37.2 Å². The molecule has 0 unspecified atom stereocenters. The number of hydrogen-bond donors (Lipinski definition) is 2. The molecule has 0 saturated heterocycles. The van der Waals surface area contributed by atoms with E-state index in [4.69, 9.17) is 4.74 Å². The van der Waals surface area contributed by atoms with Gasteiger partial charge in [0, 0.05) is 38.4 Å². The minimum atomic E-state index is -0.554. The second-order valence-corrected chi connectivity index (χ2v) is 8.93. The summed E-state index contributed by atoms with van der Waals surface area (Å²) in [5, 5.41) is 5.63. The van der Waals surface area contributed by atoms with Crippen molar-refractivity contribution in [2.24, 2.45) is 0 Å². The standard InChI is InChI=1S/C24H30N4O4/c1-24(2,3)32-23(31)28-13-12-18-14-19(10-11-20(18)28)26-22(30)25-15-16-6-8-17(9-7-16)21(29)27(4)5/h6-11,14H,12-13,15H2,1-5H3,(H2,25,26,30). The van der Waals surface area contributed by atoms with Gasteiger partial charge in [0.15, 0.2) is 0 Å². The van der Waals surface area contributed by atoms with E-state index in [0.29, 0.717) is 30.8 Å². The number of carbonyl (C=O) groups is 3. The molecule has 0 aromatic heterocycles. The van der Waals surface area contributed by atoms with E-state index in [0.717, 1.165) is 16.8 Å². The first-order valence-electron chi connectivity index (χ1n) is 10.5. The van der Waals surface area contributed by atoms with Crippen LogP contribution in [0.4, 0.5) is 21.0 Å². The van der Waals surface area contributed by atoms with Crippen LogP contribution in [0.2, 0.25) is 0 Å². The second-order valence-electron chi connectivity index (χ2n) is 8.93. The predicted octanol–water partition coefficient (Wildman–Crippen LogP) is 4.01. The fourth-order valence-corrected chi connectivity index (χ4v) is 3.37. The molecule has 8 nitrogen and oxygen atoms in total. The molecule has 1 heterocycles. The number of nitrogens with one attached hydrogen (secondary N) is 2. The quantitative estimate of drug-likeness (QED) is 0.755. The van der Waals surface area contributed by atoms with Crippen LogP contribution < -0.4 is 15.5 Å². The Morgan fingerprint density at radius 3 is 2.38 bits per heavy atom. The summed E-state index contributed by atoms with van der Waals surface area (Å²) in [7, 11) is 3.41. The number of nitrogens with zero attached hydrogens (tertiary/aromatic N) is 2. The largest absolute Gasteiger partial charge is 0.443 e. The van der Waals surface area contributed by atoms with Gasteiger partial charge in [-0.1, -0.05) is 12.1 Å². The summed E-state index contributed by atoms with van der Waals surface area (Å²) in [6.45, 7) is 6.40. The lowest BCUT2D eigenvalue weighted by Crippen LogP contribution is -2.35. The summed E-state index contributed by atoms with van der Waals surface area (Å²) >= 11 is 0. The first kappa shape index (κ1) is 23.1. The predicted molar refractivity (Wildman–Crippen MR) is 124 cm³/mol. The van der Waals surface area contributed by atoms with Crippen LogP contribution in [0.25, 0.3) is 0 Å². The highest BCUT2D eigenvalue weighted by molar-refractivity contribution is 5.94. The Labute approximate surface area is 188 Å². The molecule has 0 radical (unpaired) electrons. The average Bonchev–Trinajstić information content (AvgIpc) is 3.14. The van der Waals surface area contributed by atoms with Crippen molar-refractivity contribution >= 4 is 29.4 Å². The first-order chi connectivity index (χ1) is 15.0. The number of anilines is 2. The summed E-state index contributed by atoms with van der Waals surface area (Å²) in [5.74, 6) is -0.0657. The number of hydrogen-bond acceptors (Lipinski definition) is 4. The van der Waals surface area contributed by atoms with Crippen LogP contribution in [0.3, 0.4) is 0 Å². The van der Waals surface area contributed by atoms with Gasteiger partial charge in [0.1, 0.15) is 5.60 Å². The number of amides is 4. The molecule has 3 rings (SSSR count). The summed E-state index contributed by atoms with van der Waals surface area (Å²) in [6.07, 6.45) is 0.331. The number of ether oxygens (including phenoxy) is 1. The van der Waals surface area contributed by atoms with Crippen LogP contribution in [0.5, 0.6) is 0 Å². The monoisotopic (exact) mass is 438 g/mol. The molecule has 0 bridgehead atoms. The van der Waals surface area contributed by atoms with Crippen LogP contribution in [0.1, 0.15) is 42.3 Å². The Bertz CT molecular complexity index is 1010. The van der Waals surface area contributed by atoms with Gasteiger partial charge in [-0.25, -0.2) is 9.59 Å². The fraction of sp³-hybridized carbons (Fsp3) is 0.375. The molecular weight excluding hydrogens is 408 g/mol. The molecule has 2 aromatic rings. The minimum absolute atomic E-state index is 0.0657. The van der Waals surface area contributed by atoms with Gasteiger partial charge in [-0.3, -0.25) is 9.69 Å². The zero-order valence-corrected chi connectivity index (χ0v) is 19.2. The molecule has 0 atom stereocenters. The molecular formula is C24H30N4O4. The Morgan fingerprint density at radius 2 is 1.75 bits per heavy atom. The van der Waals surface area contributed by atoms with Crippen molar-refractivity contribution in [3.63, 3.8) is 0 Å². The maximum atomic E-state index is 12.4. The van der Waals surface area contributed by atoms with Gasteiger partial charge >= 0.3 is 12.1 Å². The summed E-state index contributed by atoms with van der Waals surface area (Å²) in [5.41, 5.74) is 3.37. The molecule has 8 heteroatoms. The molecule has 4 amide bonds. The van der Waals surface area contributed by atoms with Crippen LogP contribution in [-0.2, 0) is 17.7 Å². The summed E-state index contributed by atoms with van der Waals surface area (Å²) < 4.78 is 5.47. The van der Waals surface area contributed by atoms with E-state index in [9.17, 15) is 14.4 Å². The van der Waals surface area contributed by atoms with Crippen molar-refractivity contribution < 1.29 is 19.1 Å². The Hall–Kier alpha value is -3.55. The molecule has 0 spiro atoms. The van der Waals surface area contributed by atoms with Gasteiger partial charge < -0.3 is 20.3 Å². The molecule has 0 saturated carbocycles. The molecule has 0 fully saturated rings. The van der Waals surface area contributed by atoms with Gasteiger partial charge in [0.2, 0.25) is 0 Å². The number of rotatable bonds is 4. The van der Waals surface area contributed by atoms with Crippen molar-refractivity contribution in [2.45, 2.75) is 39.3 Å². The third-order valence-electron chi connectivity index (χ3n) is 4.91. The van der Waals surface area contributed by atoms with E-state index in [1.807, 2.05) is 45.0 Å². The maximum Gasteiger partial charge on any atom is 0.414 e. The highest BCUT2D eigenvalue weighted by Crippen LogP contribution is 2.31. The number of benzene rings is 2. The molecule has 1 aliphatic rings. The molecule has 2 N–H and O–H groups in total. The first-order valence-corrected chi connectivity index (χ1v) is 10.5. The number of fused-ring (bicyclic) bond motifs is 1. The minimum Gasteiger partial charge on any atom is -0.443 e. The van der Waals surface area contributed by atoms with Gasteiger partial charge in [0.05, 0.1) is 5.69 Å². The summed E-state index contributed by atoms with van der Waals surface area (Å²) in [4.78, 5) is 39.8. The zero-order chi connectivity index (χ0) is 23.5. The van der Waals surface area contributed by atoms with E-state index >= 15 is 0 Å². The Kier molecular flexibility index (Phi) is 6.72. The van der Waals surface area contributed by atoms with Crippen LogP contribution in [0.15, 0.2) is 42.5 Å². The van der Waals surface area contributed by atoms with Gasteiger partial charge in [0.25, 0.3) is 5.91 Å². The van der Waals surface area contributed by atoms with E-state index in [-0.39, 0.29) is 18.0 Å². The normalized spacial score (nSPS) is 12.7. The Balaban J connectivity index is 1.55. The van der Waals surface area contributed by atoms with Crippen LogP contribution in [-0.4, -0.2) is 49.2 Å². The second kappa shape index (κ2) is 9.30. The highest BCUT2D eigenvalue weighted by Gasteiger charge is 2.29. The topological polar surface area (TPSA) is 91.0 Å². The number of urea groups is 1. The van der Waals surface area contributed by atoms with E-state index < -0.39 is 5.60 Å². The van der Waals surface area contributed by atoms with Crippen molar-refractivity contribution in [1.82, 2.24) is 10.2 Å². The van der Waals surface area contributed by atoms with Crippen LogP contribution >= 0.6 is 0 Å². The molecule has 1 aliphatic heterocycles. The van der Waals surface area contributed by atoms with Gasteiger partial charge in [-0.15, -0.1) is 0 Å². The van der Waals surface area contributed by atoms with Gasteiger partial charge in [-0.05, 0) is 68.7 Å². The smallest absolute Gasteiger partial charge is 0.414 e. The number of carbonyl (C=O) groups excluding carboxylic acids is 3. The van der Waals surface area contributed by atoms with Crippen molar-refractivity contribution in [1.29, 1.82) is 0 Å². The molecule has 32 heavy (non-hydrogen) atoms.